The van der Waals surface area contributed by atoms with Crippen molar-refractivity contribution in [2.24, 2.45) is 5.73 Å². The fraction of sp³-hybridized carbons (Fsp3) is 0.538. The molecule has 0 saturated heterocycles. The number of sulfone groups is 1. The molecule has 1 unspecified atom stereocenters. The van der Waals surface area contributed by atoms with Crippen LogP contribution in [0.2, 0.25) is 0 Å². The molecule has 4 heteroatoms. The molecule has 0 radical (unpaired) electrons. The van der Waals surface area contributed by atoms with Crippen LogP contribution in [-0.4, -0.2) is 19.9 Å². The summed E-state index contributed by atoms with van der Waals surface area (Å²) in [6.45, 7) is 1.66. The van der Waals surface area contributed by atoms with E-state index in [4.69, 9.17) is 5.73 Å². The number of fused-ring (bicyclic) bond motifs is 1. The summed E-state index contributed by atoms with van der Waals surface area (Å²) in [6, 6.07) is 5.75. The van der Waals surface area contributed by atoms with Crippen molar-refractivity contribution in [2.45, 2.75) is 32.2 Å². The largest absolute Gasteiger partial charge is 0.323 e. The molecule has 94 valence electrons. The Morgan fingerprint density at radius 3 is 2.71 bits per heavy atom. The van der Waals surface area contributed by atoms with Gasteiger partial charge in [0.2, 0.25) is 0 Å². The highest BCUT2D eigenvalue weighted by Gasteiger charge is 2.18. The summed E-state index contributed by atoms with van der Waals surface area (Å²) in [5.41, 5.74) is 9.65. The van der Waals surface area contributed by atoms with Crippen LogP contribution >= 0.6 is 0 Å². The molecule has 1 atom stereocenters. The average molecular weight is 253 g/mol. The van der Waals surface area contributed by atoms with Crippen molar-refractivity contribution in [3.05, 3.63) is 34.9 Å². The summed E-state index contributed by atoms with van der Waals surface area (Å²) in [4.78, 5) is 0. The summed E-state index contributed by atoms with van der Waals surface area (Å²) >= 11 is 0. The predicted molar refractivity (Wildman–Crippen MR) is 69.7 cm³/mol. The molecule has 1 aliphatic carbocycles. The van der Waals surface area contributed by atoms with Crippen LogP contribution in [0.1, 0.15) is 36.1 Å². The van der Waals surface area contributed by atoms with Crippen LogP contribution in [0.15, 0.2) is 18.2 Å². The van der Waals surface area contributed by atoms with E-state index in [0.29, 0.717) is 0 Å². The SMILES string of the molecule is CCS(=O)(=O)CC(N)c1ccc2c(c1)CCC2. The third kappa shape index (κ3) is 2.87. The lowest BCUT2D eigenvalue weighted by molar-refractivity contribution is 0.590. The molecule has 3 nitrogen and oxygen atoms in total. The van der Waals surface area contributed by atoms with E-state index in [2.05, 4.69) is 12.1 Å². The van der Waals surface area contributed by atoms with E-state index in [0.717, 1.165) is 18.4 Å². The van der Waals surface area contributed by atoms with Crippen LogP contribution < -0.4 is 5.73 Å². The van der Waals surface area contributed by atoms with Crippen molar-refractivity contribution in [1.29, 1.82) is 0 Å². The topological polar surface area (TPSA) is 60.2 Å². The minimum absolute atomic E-state index is 0.0439. The van der Waals surface area contributed by atoms with Crippen LogP contribution in [0.5, 0.6) is 0 Å². The molecular formula is C13H19NO2S. The minimum Gasteiger partial charge on any atom is -0.323 e. The van der Waals surface area contributed by atoms with Crippen LogP contribution in [-0.2, 0) is 22.7 Å². The molecule has 0 fully saturated rings. The first-order chi connectivity index (χ1) is 8.02. The predicted octanol–water partition coefficient (Wildman–Crippen LogP) is 1.61. The number of nitrogens with two attached hydrogens (primary N) is 1. The van der Waals surface area contributed by atoms with Crippen molar-refractivity contribution >= 4 is 9.84 Å². The Kier molecular flexibility index (Phi) is 3.54. The zero-order valence-corrected chi connectivity index (χ0v) is 11.0. The van der Waals surface area contributed by atoms with Crippen molar-refractivity contribution < 1.29 is 8.42 Å². The summed E-state index contributed by atoms with van der Waals surface area (Å²) in [6.07, 6.45) is 3.43. The fourth-order valence-electron chi connectivity index (χ4n) is 2.31. The third-order valence-electron chi connectivity index (χ3n) is 3.42. The molecule has 0 heterocycles. The Morgan fingerprint density at radius 2 is 2.00 bits per heavy atom. The maximum Gasteiger partial charge on any atom is 0.151 e. The van der Waals surface area contributed by atoms with Gasteiger partial charge in [0.25, 0.3) is 0 Å². The van der Waals surface area contributed by atoms with Gasteiger partial charge in [-0.15, -0.1) is 0 Å². The maximum absolute atomic E-state index is 11.5. The van der Waals surface area contributed by atoms with Gasteiger partial charge in [-0.2, -0.15) is 0 Å². The molecule has 1 aromatic rings. The van der Waals surface area contributed by atoms with Crippen LogP contribution in [0.4, 0.5) is 0 Å². The van der Waals surface area contributed by atoms with Gasteiger partial charge in [-0.25, -0.2) is 8.42 Å². The number of rotatable bonds is 4. The molecule has 17 heavy (non-hydrogen) atoms. The van der Waals surface area contributed by atoms with Crippen molar-refractivity contribution in [3.63, 3.8) is 0 Å². The smallest absolute Gasteiger partial charge is 0.151 e. The number of hydrogen-bond acceptors (Lipinski definition) is 3. The molecule has 0 aromatic heterocycles. The van der Waals surface area contributed by atoms with E-state index in [1.165, 1.54) is 17.5 Å². The molecule has 0 amide bonds. The van der Waals surface area contributed by atoms with Crippen LogP contribution in [0, 0.1) is 0 Å². The lowest BCUT2D eigenvalue weighted by Crippen LogP contribution is -2.23. The molecular weight excluding hydrogens is 234 g/mol. The number of benzene rings is 1. The second-order valence-corrected chi connectivity index (χ2v) is 7.08. The lowest BCUT2D eigenvalue weighted by atomic mass is 10.0. The van der Waals surface area contributed by atoms with E-state index in [1.807, 2.05) is 6.07 Å². The van der Waals surface area contributed by atoms with Crippen LogP contribution in [0.3, 0.4) is 0 Å². The van der Waals surface area contributed by atoms with Crippen molar-refractivity contribution in [1.82, 2.24) is 0 Å². The van der Waals surface area contributed by atoms with Crippen LogP contribution in [0.25, 0.3) is 0 Å². The quantitative estimate of drug-likeness (QED) is 0.887. The summed E-state index contributed by atoms with van der Waals surface area (Å²) < 4.78 is 23.1. The standard InChI is InChI=1S/C13H19NO2S/c1-2-17(15,16)9-13(14)12-7-6-10-4-3-5-11(10)8-12/h6-8,13H,2-5,9,14H2,1H3. The first-order valence-corrected chi connectivity index (χ1v) is 7.91. The lowest BCUT2D eigenvalue weighted by Gasteiger charge is -2.13. The molecule has 0 bridgehead atoms. The van der Waals surface area contributed by atoms with E-state index in [-0.39, 0.29) is 11.5 Å². The third-order valence-corrected chi connectivity index (χ3v) is 5.17. The van der Waals surface area contributed by atoms with Gasteiger partial charge < -0.3 is 5.73 Å². The normalized spacial score (nSPS) is 16.8. The average Bonchev–Trinajstić information content (AvgIpc) is 2.75. The molecule has 0 aliphatic heterocycles. The second kappa shape index (κ2) is 4.78. The van der Waals surface area contributed by atoms with Gasteiger partial charge in [0.05, 0.1) is 5.75 Å². The Bertz CT molecular complexity index is 508. The first-order valence-electron chi connectivity index (χ1n) is 6.09. The van der Waals surface area contributed by atoms with E-state index in [1.54, 1.807) is 6.92 Å². The molecule has 1 aromatic carbocycles. The number of aryl methyl sites for hydroxylation is 2. The van der Waals surface area contributed by atoms with Gasteiger partial charge in [-0.1, -0.05) is 25.1 Å². The highest BCUT2D eigenvalue weighted by molar-refractivity contribution is 7.91. The zero-order chi connectivity index (χ0) is 12.5. The fourth-order valence-corrected chi connectivity index (χ4v) is 3.29. The van der Waals surface area contributed by atoms with Gasteiger partial charge in [-0.05, 0) is 36.0 Å². The molecule has 1 aliphatic rings. The molecule has 0 saturated carbocycles. The summed E-state index contributed by atoms with van der Waals surface area (Å²) in [7, 11) is -3.01. The van der Waals surface area contributed by atoms with E-state index in [9.17, 15) is 8.42 Å². The Morgan fingerprint density at radius 1 is 1.29 bits per heavy atom. The minimum atomic E-state index is -3.01. The molecule has 2 N–H and O–H groups in total. The molecule has 0 spiro atoms. The monoisotopic (exact) mass is 253 g/mol. The highest BCUT2D eigenvalue weighted by atomic mass is 32.2. The van der Waals surface area contributed by atoms with E-state index >= 15 is 0 Å². The van der Waals surface area contributed by atoms with Gasteiger partial charge in [0.15, 0.2) is 9.84 Å². The second-order valence-electron chi connectivity index (χ2n) is 4.69. The van der Waals surface area contributed by atoms with Gasteiger partial charge in [0.1, 0.15) is 0 Å². The van der Waals surface area contributed by atoms with Gasteiger partial charge >= 0.3 is 0 Å². The Balaban J connectivity index is 2.18. The summed E-state index contributed by atoms with van der Waals surface area (Å²) in [5, 5.41) is 0. The molecule has 2 rings (SSSR count). The number of hydrogen-bond donors (Lipinski definition) is 1. The van der Waals surface area contributed by atoms with Crippen molar-refractivity contribution in [3.8, 4) is 0 Å². The highest BCUT2D eigenvalue weighted by Crippen LogP contribution is 2.25. The zero-order valence-electron chi connectivity index (χ0n) is 10.1. The van der Waals surface area contributed by atoms with E-state index < -0.39 is 15.9 Å². The maximum atomic E-state index is 11.5. The van der Waals surface area contributed by atoms with Crippen molar-refractivity contribution in [2.75, 3.05) is 11.5 Å². The Labute approximate surface area is 103 Å². The van der Waals surface area contributed by atoms with Gasteiger partial charge in [0, 0.05) is 11.8 Å². The first kappa shape index (κ1) is 12.6. The van der Waals surface area contributed by atoms with Gasteiger partial charge in [-0.3, -0.25) is 0 Å². The Hall–Kier alpha value is -0.870. The summed E-state index contributed by atoms with van der Waals surface area (Å²) in [5.74, 6) is 0.202.